The van der Waals surface area contributed by atoms with Crippen molar-refractivity contribution in [3.8, 4) is 17.0 Å². The van der Waals surface area contributed by atoms with E-state index in [9.17, 15) is 8.78 Å². The number of hydrogen-bond donors (Lipinski definition) is 1. The fraction of sp³-hybridized carbons (Fsp3) is 0.652. The minimum absolute atomic E-state index is 0.0358. The first-order valence-electron chi connectivity index (χ1n) is 11.6. The van der Waals surface area contributed by atoms with Crippen LogP contribution >= 0.6 is 0 Å². The predicted octanol–water partition coefficient (Wildman–Crippen LogP) is 4.13. The highest BCUT2D eigenvalue weighted by molar-refractivity contribution is 5.64. The van der Waals surface area contributed by atoms with Crippen LogP contribution in [-0.2, 0) is 6.54 Å². The molecule has 6 nitrogen and oxygen atoms in total. The van der Waals surface area contributed by atoms with Gasteiger partial charge in [0.05, 0.1) is 5.69 Å². The molecule has 0 radical (unpaired) electrons. The fourth-order valence-electron chi connectivity index (χ4n) is 5.97. The molecule has 2 aromatic rings. The van der Waals surface area contributed by atoms with Crippen molar-refractivity contribution < 1.29 is 13.5 Å². The molecule has 3 heterocycles. The summed E-state index contributed by atoms with van der Waals surface area (Å²) >= 11 is 0. The lowest BCUT2D eigenvalue weighted by atomic mass is 10.0. The van der Waals surface area contributed by atoms with E-state index in [0.717, 1.165) is 30.1 Å². The lowest BCUT2D eigenvalue weighted by Gasteiger charge is -2.25. The number of nitrogen functional groups attached to an aromatic ring is 1. The maximum Gasteiger partial charge on any atom is 0.387 e. The SMILES string of the molecule is Nc1ncc(-c2cc([C@H]3[C@@H]4C[C@H](N5CCCC5)C[C@@H]43)n(CC3CC3)n2)cc1OC(F)F. The highest BCUT2D eigenvalue weighted by atomic mass is 19.3. The van der Waals surface area contributed by atoms with Gasteiger partial charge in [0.25, 0.3) is 0 Å². The Morgan fingerprint density at radius 2 is 1.87 bits per heavy atom. The van der Waals surface area contributed by atoms with Gasteiger partial charge in [-0.3, -0.25) is 4.68 Å². The molecule has 8 heteroatoms. The molecule has 4 fully saturated rings. The number of likely N-dealkylation sites (tertiary alicyclic amines) is 1. The summed E-state index contributed by atoms with van der Waals surface area (Å²) < 4.78 is 32.2. The maximum absolute atomic E-state index is 12.7. The van der Waals surface area contributed by atoms with E-state index in [-0.39, 0.29) is 11.6 Å². The highest BCUT2D eigenvalue weighted by Gasteiger charge is 2.58. The second-order valence-corrected chi connectivity index (χ2v) is 9.79. The number of nitrogens with zero attached hydrogens (tertiary/aromatic N) is 4. The van der Waals surface area contributed by atoms with Crippen molar-refractivity contribution in [3.63, 3.8) is 0 Å². The summed E-state index contributed by atoms with van der Waals surface area (Å²) in [5, 5.41) is 4.88. The Labute approximate surface area is 180 Å². The standard InChI is InChI=1S/C23H29F2N5O/c24-23(25)31-20-7-14(11-27-22(20)26)18-10-19(30(28-18)12-13-3-4-13)21-16-8-15(9-17(16)21)29-5-1-2-6-29/h7,10-11,13,15-17,21,23H,1-6,8-9,12H2,(H2,26,27)/t15-,16+,17-,21-. The maximum atomic E-state index is 12.7. The molecule has 0 aromatic carbocycles. The van der Waals surface area contributed by atoms with Gasteiger partial charge in [-0.05, 0) is 81.5 Å². The van der Waals surface area contributed by atoms with Crippen LogP contribution in [0.5, 0.6) is 5.75 Å². The Morgan fingerprint density at radius 1 is 1.13 bits per heavy atom. The second-order valence-electron chi connectivity index (χ2n) is 9.79. The summed E-state index contributed by atoms with van der Waals surface area (Å²) in [5.74, 6) is 2.68. The smallest absolute Gasteiger partial charge is 0.387 e. The number of nitrogens with two attached hydrogens (primary N) is 1. The van der Waals surface area contributed by atoms with Crippen LogP contribution < -0.4 is 10.5 Å². The van der Waals surface area contributed by atoms with Crippen molar-refractivity contribution in [2.75, 3.05) is 18.8 Å². The minimum atomic E-state index is -2.93. The zero-order chi connectivity index (χ0) is 21.1. The Hall–Kier alpha value is -2.22. The van der Waals surface area contributed by atoms with Crippen LogP contribution in [-0.4, -0.2) is 45.4 Å². The van der Waals surface area contributed by atoms with E-state index in [2.05, 4.69) is 25.4 Å². The third-order valence-electron chi connectivity index (χ3n) is 7.75. The molecule has 0 amide bonds. The minimum Gasteiger partial charge on any atom is -0.431 e. The molecule has 0 bridgehead atoms. The summed E-state index contributed by atoms with van der Waals surface area (Å²) in [7, 11) is 0. The molecular formula is C23H29F2N5O. The quantitative estimate of drug-likeness (QED) is 0.717. The number of alkyl halides is 2. The van der Waals surface area contributed by atoms with Gasteiger partial charge in [0, 0.05) is 36.0 Å². The van der Waals surface area contributed by atoms with Crippen molar-refractivity contribution in [2.45, 2.75) is 63.6 Å². The molecule has 4 atom stereocenters. The average Bonchev–Trinajstić information content (AvgIpc) is 3.42. The van der Waals surface area contributed by atoms with Crippen molar-refractivity contribution in [3.05, 3.63) is 24.0 Å². The zero-order valence-electron chi connectivity index (χ0n) is 17.6. The summed E-state index contributed by atoms with van der Waals surface area (Å²) in [5.41, 5.74) is 8.46. The van der Waals surface area contributed by atoms with Crippen LogP contribution in [0, 0.1) is 17.8 Å². The van der Waals surface area contributed by atoms with Gasteiger partial charge in [-0.2, -0.15) is 13.9 Å². The number of rotatable bonds is 7. The van der Waals surface area contributed by atoms with Crippen LogP contribution in [0.3, 0.4) is 0 Å². The molecule has 1 saturated heterocycles. The Balaban J connectivity index is 1.25. The first kappa shape index (κ1) is 19.5. The molecule has 166 valence electrons. The third-order valence-corrected chi connectivity index (χ3v) is 7.75. The van der Waals surface area contributed by atoms with Crippen LogP contribution in [0.1, 0.15) is 50.1 Å². The van der Waals surface area contributed by atoms with Crippen LogP contribution in [0.4, 0.5) is 14.6 Å². The molecular weight excluding hydrogens is 400 g/mol. The Morgan fingerprint density at radius 3 is 2.55 bits per heavy atom. The van der Waals surface area contributed by atoms with E-state index in [4.69, 9.17) is 10.8 Å². The lowest BCUT2D eigenvalue weighted by molar-refractivity contribution is -0.0494. The van der Waals surface area contributed by atoms with Crippen molar-refractivity contribution in [2.24, 2.45) is 17.8 Å². The molecule has 31 heavy (non-hydrogen) atoms. The summed E-state index contributed by atoms with van der Waals surface area (Å²) in [6.45, 7) is 0.554. The largest absolute Gasteiger partial charge is 0.431 e. The van der Waals surface area contributed by atoms with Gasteiger partial charge < -0.3 is 15.4 Å². The predicted molar refractivity (Wildman–Crippen MR) is 113 cm³/mol. The molecule has 0 spiro atoms. The molecule has 1 aliphatic heterocycles. The van der Waals surface area contributed by atoms with E-state index in [1.54, 1.807) is 6.20 Å². The zero-order valence-corrected chi connectivity index (χ0v) is 17.6. The molecule has 2 aromatic heterocycles. The van der Waals surface area contributed by atoms with Gasteiger partial charge >= 0.3 is 6.61 Å². The normalized spacial score (nSPS) is 30.2. The number of pyridine rings is 1. The van der Waals surface area contributed by atoms with Crippen molar-refractivity contribution in [1.29, 1.82) is 0 Å². The Kier molecular flexibility index (Phi) is 4.67. The van der Waals surface area contributed by atoms with Crippen LogP contribution in [0.15, 0.2) is 18.3 Å². The average molecular weight is 430 g/mol. The van der Waals surface area contributed by atoms with Gasteiger partial charge in [-0.15, -0.1) is 0 Å². The molecule has 4 aliphatic rings. The van der Waals surface area contributed by atoms with Gasteiger partial charge in [-0.25, -0.2) is 4.98 Å². The molecule has 3 saturated carbocycles. The molecule has 0 unspecified atom stereocenters. The topological polar surface area (TPSA) is 69.2 Å². The fourth-order valence-corrected chi connectivity index (χ4v) is 5.97. The van der Waals surface area contributed by atoms with Gasteiger partial charge in [0.2, 0.25) is 0 Å². The summed E-state index contributed by atoms with van der Waals surface area (Å²) in [6.07, 6.45) is 9.42. The highest BCUT2D eigenvalue weighted by Crippen LogP contribution is 2.64. The number of hydrogen-bond acceptors (Lipinski definition) is 5. The number of aromatic nitrogens is 3. The number of ether oxygens (including phenoxy) is 1. The van der Waals surface area contributed by atoms with Crippen molar-refractivity contribution >= 4 is 5.82 Å². The number of anilines is 1. The number of fused-ring (bicyclic) bond motifs is 1. The van der Waals surface area contributed by atoms with Gasteiger partial charge in [0.15, 0.2) is 11.6 Å². The lowest BCUT2D eigenvalue weighted by Crippen LogP contribution is -2.31. The van der Waals surface area contributed by atoms with Gasteiger partial charge in [0.1, 0.15) is 0 Å². The van der Waals surface area contributed by atoms with Crippen molar-refractivity contribution in [1.82, 2.24) is 19.7 Å². The van der Waals surface area contributed by atoms with E-state index in [1.165, 1.54) is 63.4 Å². The van der Waals surface area contributed by atoms with E-state index in [0.29, 0.717) is 17.4 Å². The van der Waals surface area contributed by atoms with Crippen LogP contribution in [0.25, 0.3) is 11.3 Å². The third kappa shape index (κ3) is 3.69. The monoisotopic (exact) mass is 429 g/mol. The molecule has 2 N–H and O–H groups in total. The van der Waals surface area contributed by atoms with E-state index < -0.39 is 6.61 Å². The van der Waals surface area contributed by atoms with Crippen LogP contribution in [0.2, 0.25) is 0 Å². The summed E-state index contributed by atoms with van der Waals surface area (Å²) in [6, 6.07) is 4.44. The number of halogens is 2. The van der Waals surface area contributed by atoms with Gasteiger partial charge in [-0.1, -0.05) is 0 Å². The second kappa shape index (κ2) is 7.43. The summed E-state index contributed by atoms with van der Waals surface area (Å²) in [4.78, 5) is 6.75. The first-order chi connectivity index (χ1) is 15.1. The Bertz CT molecular complexity index is 957. The van der Waals surface area contributed by atoms with E-state index in [1.807, 2.05) is 0 Å². The molecule has 3 aliphatic carbocycles. The molecule has 6 rings (SSSR count). The first-order valence-corrected chi connectivity index (χ1v) is 11.6. The van der Waals surface area contributed by atoms with E-state index >= 15 is 0 Å².